The van der Waals surface area contributed by atoms with E-state index in [1.807, 2.05) is 13.0 Å². The molecule has 4 heteroatoms. The second-order valence-electron chi connectivity index (χ2n) is 5.14. The van der Waals surface area contributed by atoms with E-state index in [1.165, 1.54) is 6.42 Å². The van der Waals surface area contributed by atoms with Crippen LogP contribution in [-0.4, -0.2) is 38.1 Å². The lowest BCUT2D eigenvalue weighted by Gasteiger charge is -2.24. The van der Waals surface area contributed by atoms with E-state index in [9.17, 15) is 0 Å². The van der Waals surface area contributed by atoms with Gasteiger partial charge in [0.05, 0.1) is 10.7 Å². The summed E-state index contributed by atoms with van der Waals surface area (Å²) in [5.74, 6) is 0. The van der Waals surface area contributed by atoms with Gasteiger partial charge in [0.25, 0.3) is 0 Å². The summed E-state index contributed by atoms with van der Waals surface area (Å²) >= 11 is 6.39. The highest BCUT2D eigenvalue weighted by molar-refractivity contribution is 6.33. The SMILES string of the molecule is C[C@H](N)c1ccc(N2CCCN(C)CC2)c(Cl)c1. The summed E-state index contributed by atoms with van der Waals surface area (Å²) in [6.45, 7) is 6.33. The minimum atomic E-state index is 0.0341. The van der Waals surface area contributed by atoms with Gasteiger partial charge < -0.3 is 15.5 Å². The van der Waals surface area contributed by atoms with Crippen LogP contribution >= 0.6 is 11.6 Å². The molecule has 1 aromatic carbocycles. The summed E-state index contributed by atoms with van der Waals surface area (Å²) in [6, 6.07) is 6.22. The summed E-state index contributed by atoms with van der Waals surface area (Å²) in [5.41, 5.74) is 8.10. The van der Waals surface area contributed by atoms with E-state index < -0.39 is 0 Å². The molecule has 100 valence electrons. The molecule has 1 fully saturated rings. The fraction of sp³-hybridized carbons (Fsp3) is 0.571. The van der Waals surface area contributed by atoms with Crippen molar-refractivity contribution in [2.45, 2.75) is 19.4 Å². The number of nitrogens with zero attached hydrogens (tertiary/aromatic N) is 2. The molecule has 1 aliphatic rings. The van der Waals surface area contributed by atoms with Crippen LogP contribution in [0.2, 0.25) is 5.02 Å². The van der Waals surface area contributed by atoms with Crippen LogP contribution in [0.3, 0.4) is 0 Å². The van der Waals surface area contributed by atoms with Crippen molar-refractivity contribution in [2.24, 2.45) is 5.73 Å². The third-order valence-electron chi connectivity index (χ3n) is 3.56. The molecule has 0 unspecified atom stereocenters. The van der Waals surface area contributed by atoms with Gasteiger partial charge in [0.2, 0.25) is 0 Å². The van der Waals surface area contributed by atoms with Crippen LogP contribution in [0.4, 0.5) is 5.69 Å². The second kappa shape index (κ2) is 5.91. The van der Waals surface area contributed by atoms with Gasteiger partial charge in [-0.3, -0.25) is 0 Å². The van der Waals surface area contributed by atoms with Crippen LogP contribution in [0.1, 0.15) is 24.9 Å². The maximum atomic E-state index is 6.39. The standard InChI is InChI=1S/C14H22ClN3/c1-11(16)12-4-5-14(13(15)10-12)18-7-3-6-17(2)8-9-18/h4-5,10-11H,3,6-9,16H2,1-2H3/t11-/m0/s1. The van der Waals surface area contributed by atoms with Crippen molar-refractivity contribution in [3.05, 3.63) is 28.8 Å². The van der Waals surface area contributed by atoms with Gasteiger partial charge in [0.1, 0.15) is 0 Å². The van der Waals surface area contributed by atoms with Crippen LogP contribution in [0.5, 0.6) is 0 Å². The van der Waals surface area contributed by atoms with Crippen LogP contribution < -0.4 is 10.6 Å². The van der Waals surface area contributed by atoms with Crippen molar-refractivity contribution in [1.82, 2.24) is 4.90 Å². The Kier molecular flexibility index (Phi) is 4.49. The first-order valence-corrected chi connectivity index (χ1v) is 6.94. The van der Waals surface area contributed by atoms with Crippen LogP contribution in [0.15, 0.2) is 18.2 Å². The number of benzene rings is 1. The molecule has 0 bridgehead atoms. The number of hydrogen-bond donors (Lipinski definition) is 1. The quantitative estimate of drug-likeness (QED) is 0.894. The normalized spacial score (nSPS) is 19.7. The molecule has 18 heavy (non-hydrogen) atoms. The molecular weight excluding hydrogens is 246 g/mol. The topological polar surface area (TPSA) is 32.5 Å². The molecule has 1 saturated heterocycles. The predicted molar refractivity (Wildman–Crippen MR) is 78.4 cm³/mol. The number of rotatable bonds is 2. The Hall–Kier alpha value is -0.770. The highest BCUT2D eigenvalue weighted by atomic mass is 35.5. The van der Waals surface area contributed by atoms with Crippen molar-refractivity contribution >= 4 is 17.3 Å². The van der Waals surface area contributed by atoms with Gasteiger partial charge in [-0.25, -0.2) is 0 Å². The van der Waals surface area contributed by atoms with E-state index in [1.54, 1.807) is 0 Å². The Bertz CT molecular complexity index is 406. The maximum absolute atomic E-state index is 6.39. The maximum Gasteiger partial charge on any atom is 0.0642 e. The first kappa shape index (κ1) is 13.7. The smallest absolute Gasteiger partial charge is 0.0642 e. The van der Waals surface area contributed by atoms with Gasteiger partial charge >= 0.3 is 0 Å². The van der Waals surface area contributed by atoms with E-state index in [-0.39, 0.29) is 6.04 Å². The molecule has 1 aliphatic heterocycles. The summed E-state index contributed by atoms with van der Waals surface area (Å²) in [5, 5.41) is 0.814. The van der Waals surface area contributed by atoms with Gasteiger partial charge in [-0.1, -0.05) is 17.7 Å². The zero-order valence-corrected chi connectivity index (χ0v) is 12.0. The molecule has 2 N–H and O–H groups in total. The van der Waals surface area contributed by atoms with Gasteiger partial charge in [-0.15, -0.1) is 0 Å². The van der Waals surface area contributed by atoms with Gasteiger partial charge in [-0.05, 0) is 44.6 Å². The Labute approximate surface area is 115 Å². The molecule has 0 radical (unpaired) electrons. The molecule has 1 aromatic rings. The first-order valence-electron chi connectivity index (χ1n) is 6.56. The Morgan fingerprint density at radius 3 is 2.67 bits per heavy atom. The molecule has 1 heterocycles. The van der Waals surface area contributed by atoms with Crippen molar-refractivity contribution in [2.75, 3.05) is 38.1 Å². The van der Waals surface area contributed by atoms with Gasteiger partial charge in [0, 0.05) is 25.7 Å². The Morgan fingerprint density at radius 2 is 2.00 bits per heavy atom. The molecular formula is C14H22ClN3. The van der Waals surface area contributed by atoms with E-state index in [4.69, 9.17) is 17.3 Å². The third kappa shape index (κ3) is 3.16. The fourth-order valence-electron chi connectivity index (χ4n) is 2.35. The number of likely N-dealkylation sites (N-methyl/N-ethyl adjacent to an activating group) is 1. The average molecular weight is 268 g/mol. The largest absolute Gasteiger partial charge is 0.369 e. The fourth-order valence-corrected chi connectivity index (χ4v) is 2.66. The molecule has 0 amide bonds. The first-order chi connectivity index (χ1) is 8.58. The Morgan fingerprint density at radius 1 is 1.22 bits per heavy atom. The highest BCUT2D eigenvalue weighted by Crippen LogP contribution is 2.29. The molecule has 2 rings (SSSR count). The van der Waals surface area contributed by atoms with E-state index in [2.05, 4.69) is 29.0 Å². The van der Waals surface area contributed by atoms with Crippen LogP contribution in [0, 0.1) is 0 Å². The van der Waals surface area contributed by atoms with Gasteiger partial charge in [0.15, 0.2) is 0 Å². The minimum Gasteiger partial charge on any atom is -0.369 e. The predicted octanol–water partition coefficient (Wildman–Crippen LogP) is 2.50. The van der Waals surface area contributed by atoms with Crippen LogP contribution in [0.25, 0.3) is 0 Å². The van der Waals surface area contributed by atoms with Crippen LogP contribution in [-0.2, 0) is 0 Å². The minimum absolute atomic E-state index is 0.0341. The molecule has 0 saturated carbocycles. The van der Waals surface area contributed by atoms with E-state index in [0.29, 0.717) is 0 Å². The van der Waals surface area contributed by atoms with E-state index >= 15 is 0 Å². The highest BCUT2D eigenvalue weighted by Gasteiger charge is 2.15. The van der Waals surface area contributed by atoms with Crippen molar-refractivity contribution < 1.29 is 0 Å². The van der Waals surface area contributed by atoms with Crippen molar-refractivity contribution in [3.63, 3.8) is 0 Å². The zero-order valence-electron chi connectivity index (χ0n) is 11.2. The lowest BCUT2D eigenvalue weighted by atomic mass is 10.1. The molecule has 0 spiro atoms. The van der Waals surface area contributed by atoms with E-state index in [0.717, 1.165) is 42.5 Å². The summed E-state index contributed by atoms with van der Waals surface area (Å²) in [4.78, 5) is 4.74. The number of nitrogens with two attached hydrogens (primary N) is 1. The average Bonchev–Trinajstić information content (AvgIpc) is 2.54. The summed E-state index contributed by atoms with van der Waals surface area (Å²) in [6.07, 6.45) is 1.18. The van der Waals surface area contributed by atoms with Crippen molar-refractivity contribution in [3.8, 4) is 0 Å². The zero-order chi connectivity index (χ0) is 13.1. The summed E-state index contributed by atoms with van der Waals surface area (Å²) in [7, 11) is 2.17. The lowest BCUT2D eigenvalue weighted by molar-refractivity contribution is 0.360. The number of hydrogen-bond acceptors (Lipinski definition) is 3. The molecule has 1 atom stereocenters. The van der Waals surface area contributed by atoms with Crippen molar-refractivity contribution in [1.29, 1.82) is 0 Å². The summed E-state index contributed by atoms with van der Waals surface area (Å²) < 4.78 is 0. The number of anilines is 1. The molecule has 0 aliphatic carbocycles. The Balaban J connectivity index is 2.17. The van der Waals surface area contributed by atoms with Gasteiger partial charge in [-0.2, -0.15) is 0 Å². The lowest BCUT2D eigenvalue weighted by Crippen LogP contribution is -2.28. The second-order valence-corrected chi connectivity index (χ2v) is 5.55. The molecule has 3 nitrogen and oxygen atoms in total. The third-order valence-corrected chi connectivity index (χ3v) is 3.86. The number of halogens is 1. The monoisotopic (exact) mass is 267 g/mol. The molecule has 0 aromatic heterocycles.